The van der Waals surface area contributed by atoms with Crippen molar-refractivity contribution in [3.05, 3.63) is 22.7 Å². The Balaban J connectivity index is 2.24. The predicted molar refractivity (Wildman–Crippen MR) is 70.1 cm³/mol. The van der Waals surface area contributed by atoms with Gasteiger partial charge in [-0.3, -0.25) is 4.57 Å². The minimum absolute atomic E-state index is 0.179. The Morgan fingerprint density at radius 3 is 3.16 bits per heavy atom. The van der Waals surface area contributed by atoms with Crippen LogP contribution in [0.4, 0.5) is 5.82 Å². The maximum absolute atomic E-state index is 11.7. The standard InChI is InChI=1S/C13H17N3O3/c1-2-3-6-13(9-17)7-4-11(19-13)16-8-5-10(14)15-12(16)18/h5,8,11,17H,2,4,7,9H2,1H3,(H2,14,15,18)/t11?,13-/m0/s1. The fourth-order valence-electron chi connectivity index (χ4n) is 2.07. The van der Waals surface area contributed by atoms with E-state index >= 15 is 0 Å². The first-order valence-electron chi connectivity index (χ1n) is 6.23. The third-order valence-corrected chi connectivity index (χ3v) is 3.07. The topological polar surface area (TPSA) is 90.4 Å². The van der Waals surface area contributed by atoms with Gasteiger partial charge in [0, 0.05) is 12.6 Å². The first-order valence-corrected chi connectivity index (χ1v) is 6.23. The van der Waals surface area contributed by atoms with Gasteiger partial charge in [0.1, 0.15) is 12.0 Å². The summed E-state index contributed by atoms with van der Waals surface area (Å²) in [6.07, 6.45) is 2.97. The van der Waals surface area contributed by atoms with Crippen molar-refractivity contribution in [3.63, 3.8) is 0 Å². The molecule has 2 rings (SSSR count). The Hall–Kier alpha value is -1.84. The zero-order valence-electron chi connectivity index (χ0n) is 10.8. The van der Waals surface area contributed by atoms with Gasteiger partial charge in [-0.15, -0.1) is 5.92 Å². The zero-order chi connectivity index (χ0) is 13.9. The number of nitrogens with two attached hydrogens (primary N) is 1. The van der Waals surface area contributed by atoms with Gasteiger partial charge in [-0.1, -0.05) is 12.8 Å². The first-order chi connectivity index (χ1) is 9.10. The largest absolute Gasteiger partial charge is 0.392 e. The molecule has 1 saturated heterocycles. The van der Waals surface area contributed by atoms with E-state index in [2.05, 4.69) is 16.8 Å². The van der Waals surface area contributed by atoms with Crippen molar-refractivity contribution in [2.45, 2.75) is 38.0 Å². The van der Waals surface area contributed by atoms with Crippen molar-refractivity contribution in [2.24, 2.45) is 0 Å². The van der Waals surface area contributed by atoms with Crippen molar-refractivity contribution in [1.29, 1.82) is 0 Å². The zero-order valence-corrected chi connectivity index (χ0v) is 10.8. The van der Waals surface area contributed by atoms with Crippen molar-refractivity contribution < 1.29 is 9.84 Å². The number of anilines is 1. The second kappa shape index (κ2) is 5.43. The lowest BCUT2D eigenvalue weighted by molar-refractivity contribution is -0.0649. The van der Waals surface area contributed by atoms with Crippen LogP contribution in [0.1, 0.15) is 32.4 Å². The average Bonchev–Trinajstić information content (AvgIpc) is 2.81. The SMILES string of the molecule is CCC#C[C@@]1(CO)CCC(n2ccc(N)nc2=O)O1. The maximum Gasteiger partial charge on any atom is 0.351 e. The third kappa shape index (κ3) is 2.78. The minimum atomic E-state index is -0.874. The molecule has 0 aliphatic carbocycles. The molecule has 2 atom stereocenters. The molecule has 0 bridgehead atoms. The molecule has 1 aliphatic rings. The fraction of sp³-hybridized carbons (Fsp3) is 0.538. The van der Waals surface area contributed by atoms with E-state index in [0.717, 1.165) is 0 Å². The van der Waals surface area contributed by atoms with E-state index in [4.69, 9.17) is 10.5 Å². The van der Waals surface area contributed by atoms with E-state index in [1.54, 1.807) is 12.3 Å². The second-order valence-corrected chi connectivity index (χ2v) is 4.46. The number of hydrogen-bond donors (Lipinski definition) is 2. The fourth-order valence-corrected chi connectivity index (χ4v) is 2.07. The molecule has 19 heavy (non-hydrogen) atoms. The molecule has 0 saturated carbocycles. The molecule has 6 heteroatoms. The van der Waals surface area contributed by atoms with Gasteiger partial charge in [-0.25, -0.2) is 4.79 Å². The first kappa shape index (κ1) is 13.6. The summed E-state index contributed by atoms with van der Waals surface area (Å²) in [5.74, 6) is 6.04. The van der Waals surface area contributed by atoms with Gasteiger partial charge < -0.3 is 15.6 Å². The van der Waals surface area contributed by atoms with Gasteiger partial charge in [0.25, 0.3) is 0 Å². The number of nitrogens with zero attached hydrogens (tertiary/aromatic N) is 2. The summed E-state index contributed by atoms with van der Waals surface area (Å²) in [6, 6.07) is 1.54. The molecule has 6 nitrogen and oxygen atoms in total. The van der Waals surface area contributed by atoms with Crippen LogP contribution < -0.4 is 11.4 Å². The molecule has 2 heterocycles. The van der Waals surface area contributed by atoms with Crippen LogP contribution in [0, 0.1) is 11.8 Å². The third-order valence-electron chi connectivity index (χ3n) is 3.07. The molecule has 0 amide bonds. The molecule has 1 aromatic heterocycles. The lowest BCUT2D eigenvalue weighted by atomic mass is 10.0. The number of ether oxygens (including phenoxy) is 1. The maximum atomic E-state index is 11.7. The van der Waals surface area contributed by atoms with Crippen LogP contribution >= 0.6 is 0 Å². The highest BCUT2D eigenvalue weighted by molar-refractivity contribution is 5.24. The molecule has 1 unspecified atom stereocenters. The summed E-state index contributed by atoms with van der Waals surface area (Å²) in [5, 5.41) is 9.47. The number of aromatic nitrogens is 2. The lowest BCUT2D eigenvalue weighted by Gasteiger charge is -2.21. The highest BCUT2D eigenvalue weighted by atomic mass is 16.5. The van der Waals surface area contributed by atoms with Gasteiger partial charge in [-0.2, -0.15) is 4.98 Å². The highest BCUT2D eigenvalue weighted by Gasteiger charge is 2.39. The smallest absolute Gasteiger partial charge is 0.351 e. The Morgan fingerprint density at radius 2 is 2.53 bits per heavy atom. The molecular weight excluding hydrogens is 246 g/mol. The van der Waals surface area contributed by atoms with E-state index < -0.39 is 17.5 Å². The van der Waals surface area contributed by atoms with Gasteiger partial charge in [0.05, 0.1) is 6.61 Å². The number of nitrogen functional groups attached to an aromatic ring is 1. The second-order valence-electron chi connectivity index (χ2n) is 4.46. The van der Waals surface area contributed by atoms with Crippen LogP contribution in [0.15, 0.2) is 17.1 Å². The van der Waals surface area contributed by atoms with Gasteiger partial charge in [0.15, 0.2) is 5.60 Å². The van der Waals surface area contributed by atoms with Crippen molar-refractivity contribution >= 4 is 5.82 Å². The molecular formula is C13H17N3O3. The van der Waals surface area contributed by atoms with E-state index in [0.29, 0.717) is 19.3 Å². The number of rotatable bonds is 2. The van der Waals surface area contributed by atoms with Gasteiger partial charge >= 0.3 is 5.69 Å². The monoisotopic (exact) mass is 263 g/mol. The number of hydrogen-bond acceptors (Lipinski definition) is 5. The van der Waals surface area contributed by atoms with Crippen molar-refractivity contribution in [1.82, 2.24) is 9.55 Å². The summed E-state index contributed by atoms with van der Waals surface area (Å²) >= 11 is 0. The summed E-state index contributed by atoms with van der Waals surface area (Å²) in [5.41, 5.74) is 4.11. The van der Waals surface area contributed by atoms with E-state index in [9.17, 15) is 9.90 Å². The molecule has 1 aliphatic heterocycles. The van der Waals surface area contributed by atoms with Crippen molar-refractivity contribution in [3.8, 4) is 11.8 Å². The molecule has 0 radical (unpaired) electrons. The quantitative estimate of drug-likeness (QED) is 0.748. The van der Waals surface area contributed by atoms with Crippen LogP contribution in [0.3, 0.4) is 0 Å². The summed E-state index contributed by atoms with van der Waals surface area (Å²) in [7, 11) is 0. The highest BCUT2D eigenvalue weighted by Crippen LogP contribution is 2.35. The normalized spacial score (nSPS) is 25.9. The Bertz CT molecular complexity index is 572. The van der Waals surface area contributed by atoms with Crippen LogP contribution in [0.5, 0.6) is 0 Å². The lowest BCUT2D eigenvalue weighted by Crippen LogP contribution is -2.33. The van der Waals surface area contributed by atoms with Gasteiger partial charge in [-0.05, 0) is 18.9 Å². The van der Waals surface area contributed by atoms with Crippen LogP contribution in [-0.4, -0.2) is 26.9 Å². The Labute approximate surface area is 111 Å². The Kier molecular flexibility index (Phi) is 3.88. The minimum Gasteiger partial charge on any atom is -0.392 e. The number of aliphatic hydroxyl groups excluding tert-OH is 1. The molecule has 1 aromatic rings. The average molecular weight is 263 g/mol. The molecule has 0 spiro atoms. The van der Waals surface area contributed by atoms with Gasteiger partial charge in [0.2, 0.25) is 0 Å². The number of aliphatic hydroxyl groups is 1. The molecule has 1 fully saturated rings. The van der Waals surface area contributed by atoms with Crippen LogP contribution in [-0.2, 0) is 4.74 Å². The van der Waals surface area contributed by atoms with E-state index in [-0.39, 0.29) is 12.4 Å². The van der Waals surface area contributed by atoms with E-state index in [1.807, 2.05) is 6.92 Å². The summed E-state index contributed by atoms with van der Waals surface area (Å²) in [6.45, 7) is 1.74. The van der Waals surface area contributed by atoms with Crippen molar-refractivity contribution in [2.75, 3.05) is 12.3 Å². The summed E-state index contributed by atoms with van der Waals surface area (Å²) in [4.78, 5) is 15.4. The van der Waals surface area contributed by atoms with Crippen LogP contribution in [0.25, 0.3) is 0 Å². The molecule has 0 aromatic carbocycles. The Morgan fingerprint density at radius 1 is 1.74 bits per heavy atom. The predicted octanol–water partition coefficient (Wildman–Crippen LogP) is 0.279. The van der Waals surface area contributed by atoms with Crippen LogP contribution in [0.2, 0.25) is 0 Å². The van der Waals surface area contributed by atoms with E-state index in [1.165, 1.54) is 4.57 Å². The summed E-state index contributed by atoms with van der Waals surface area (Å²) < 4.78 is 7.14. The molecule has 102 valence electrons. The molecule has 3 N–H and O–H groups in total.